The van der Waals surface area contributed by atoms with Crippen LogP contribution in [0.4, 0.5) is 11.8 Å². The standard InChI is InChI=1S/C17H20BrN5O/c1-11-9-12(2)21-17(20-11)23-7-5-13(6-8-23)16(24)22-15-4-3-14(18)10-19-15/h3-4,9-10,13H,5-8H2,1-2H3,(H,19,22,24). The highest BCUT2D eigenvalue weighted by molar-refractivity contribution is 9.10. The Labute approximate surface area is 149 Å². The molecule has 0 unspecified atom stereocenters. The third kappa shape index (κ3) is 4.08. The Morgan fingerprint density at radius 1 is 1.21 bits per heavy atom. The van der Waals surface area contributed by atoms with Gasteiger partial charge in [-0.25, -0.2) is 15.0 Å². The van der Waals surface area contributed by atoms with Crippen molar-refractivity contribution in [3.63, 3.8) is 0 Å². The number of pyridine rings is 1. The summed E-state index contributed by atoms with van der Waals surface area (Å²) in [7, 11) is 0. The SMILES string of the molecule is Cc1cc(C)nc(N2CCC(C(=O)Nc3ccc(Br)cn3)CC2)n1. The summed E-state index contributed by atoms with van der Waals surface area (Å²) in [4.78, 5) is 27.7. The number of rotatable bonds is 3. The van der Waals surface area contributed by atoms with Crippen molar-refractivity contribution < 1.29 is 4.79 Å². The Hall–Kier alpha value is -2.02. The fourth-order valence-electron chi connectivity index (χ4n) is 2.87. The molecule has 7 heteroatoms. The van der Waals surface area contributed by atoms with Crippen LogP contribution < -0.4 is 10.2 Å². The summed E-state index contributed by atoms with van der Waals surface area (Å²) in [6.45, 7) is 5.52. The second kappa shape index (κ2) is 7.25. The Balaban J connectivity index is 1.58. The lowest BCUT2D eigenvalue weighted by Gasteiger charge is -2.31. The first kappa shape index (κ1) is 16.8. The summed E-state index contributed by atoms with van der Waals surface area (Å²) in [5.41, 5.74) is 1.94. The van der Waals surface area contributed by atoms with Gasteiger partial charge < -0.3 is 10.2 Å². The van der Waals surface area contributed by atoms with Crippen LogP contribution in [0.15, 0.2) is 28.9 Å². The van der Waals surface area contributed by atoms with Gasteiger partial charge in [-0.3, -0.25) is 4.79 Å². The zero-order valence-electron chi connectivity index (χ0n) is 13.8. The van der Waals surface area contributed by atoms with Gasteiger partial charge in [0.15, 0.2) is 0 Å². The van der Waals surface area contributed by atoms with Crippen molar-refractivity contribution in [1.82, 2.24) is 15.0 Å². The first-order chi connectivity index (χ1) is 11.5. The van der Waals surface area contributed by atoms with Gasteiger partial charge in [0.05, 0.1) is 0 Å². The van der Waals surface area contributed by atoms with Crippen LogP contribution in [0.3, 0.4) is 0 Å². The number of piperidine rings is 1. The van der Waals surface area contributed by atoms with Crippen molar-refractivity contribution in [2.45, 2.75) is 26.7 Å². The van der Waals surface area contributed by atoms with Gasteiger partial charge in [0.1, 0.15) is 5.82 Å². The van der Waals surface area contributed by atoms with Crippen molar-refractivity contribution in [2.75, 3.05) is 23.3 Å². The highest BCUT2D eigenvalue weighted by Gasteiger charge is 2.26. The van der Waals surface area contributed by atoms with Crippen LogP contribution in [0.25, 0.3) is 0 Å². The summed E-state index contributed by atoms with van der Waals surface area (Å²) in [6, 6.07) is 5.62. The van der Waals surface area contributed by atoms with Crippen LogP contribution >= 0.6 is 15.9 Å². The number of aromatic nitrogens is 3. The molecule has 1 N–H and O–H groups in total. The molecule has 3 heterocycles. The molecule has 0 aliphatic carbocycles. The number of anilines is 2. The molecule has 0 radical (unpaired) electrons. The smallest absolute Gasteiger partial charge is 0.228 e. The fraction of sp³-hybridized carbons (Fsp3) is 0.412. The number of nitrogens with zero attached hydrogens (tertiary/aromatic N) is 4. The topological polar surface area (TPSA) is 71.0 Å². The molecule has 1 fully saturated rings. The third-order valence-electron chi connectivity index (χ3n) is 4.10. The molecule has 3 rings (SSSR count). The van der Waals surface area contributed by atoms with Gasteiger partial charge >= 0.3 is 0 Å². The van der Waals surface area contributed by atoms with Gasteiger partial charge in [-0.15, -0.1) is 0 Å². The average Bonchev–Trinajstić information content (AvgIpc) is 2.56. The van der Waals surface area contributed by atoms with Crippen LogP contribution in [0.1, 0.15) is 24.2 Å². The maximum absolute atomic E-state index is 12.4. The van der Waals surface area contributed by atoms with E-state index in [4.69, 9.17) is 0 Å². The van der Waals surface area contributed by atoms with E-state index in [2.05, 4.69) is 41.1 Å². The van der Waals surface area contributed by atoms with E-state index in [0.717, 1.165) is 47.7 Å². The quantitative estimate of drug-likeness (QED) is 0.872. The normalized spacial score (nSPS) is 15.4. The molecule has 1 aliphatic heterocycles. The fourth-order valence-corrected chi connectivity index (χ4v) is 3.10. The van der Waals surface area contributed by atoms with Crippen LogP contribution in [0, 0.1) is 19.8 Å². The van der Waals surface area contributed by atoms with Gasteiger partial charge in [-0.05, 0) is 60.8 Å². The Morgan fingerprint density at radius 2 is 1.88 bits per heavy atom. The van der Waals surface area contributed by atoms with Gasteiger partial charge in [-0.1, -0.05) is 0 Å². The molecule has 0 bridgehead atoms. The maximum Gasteiger partial charge on any atom is 0.228 e. The number of halogens is 1. The molecule has 2 aromatic heterocycles. The highest BCUT2D eigenvalue weighted by Crippen LogP contribution is 2.22. The minimum atomic E-state index is -0.00222. The largest absolute Gasteiger partial charge is 0.341 e. The number of carbonyl (C=O) groups is 1. The molecule has 24 heavy (non-hydrogen) atoms. The first-order valence-corrected chi connectivity index (χ1v) is 8.80. The Bertz CT molecular complexity index is 706. The highest BCUT2D eigenvalue weighted by atomic mass is 79.9. The minimum absolute atomic E-state index is 0.00222. The molecule has 2 aromatic rings. The van der Waals surface area contributed by atoms with E-state index < -0.39 is 0 Å². The van der Waals surface area contributed by atoms with Crippen LogP contribution in [0.2, 0.25) is 0 Å². The number of hydrogen-bond donors (Lipinski definition) is 1. The molecule has 0 aromatic carbocycles. The van der Waals surface area contributed by atoms with E-state index in [1.807, 2.05) is 26.0 Å². The average molecular weight is 390 g/mol. The summed E-state index contributed by atoms with van der Waals surface area (Å²) in [5, 5.41) is 2.89. The molecular weight excluding hydrogens is 370 g/mol. The molecule has 1 saturated heterocycles. The van der Waals surface area contributed by atoms with Gasteiger partial charge in [-0.2, -0.15) is 0 Å². The molecule has 1 aliphatic rings. The number of nitrogens with one attached hydrogen (secondary N) is 1. The predicted molar refractivity (Wildman–Crippen MR) is 97.0 cm³/mol. The molecule has 1 amide bonds. The van der Waals surface area contributed by atoms with E-state index in [1.54, 1.807) is 12.3 Å². The Morgan fingerprint density at radius 3 is 2.46 bits per heavy atom. The van der Waals surface area contributed by atoms with Gasteiger partial charge in [0.25, 0.3) is 0 Å². The maximum atomic E-state index is 12.4. The first-order valence-electron chi connectivity index (χ1n) is 8.01. The molecule has 0 spiro atoms. The van der Waals surface area contributed by atoms with E-state index in [-0.39, 0.29) is 11.8 Å². The number of aryl methyl sites for hydroxylation is 2. The minimum Gasteiger partial charge on any atom is -0.341 e. The van der Waals surface area contributed by atoms with Crippen molar-refractivity contribution in [2.24, 2.45) is 5.92 Å². The molecule has 6 nitrogen and oxygen atoms in total. The monoisotopic (exact) mass is 389 g/mol. The molecule has 126 valence electrons. The summed E-state index contributed by atoms with van der Waals surface area (Å²) < 4.78 is 0.891. The molecule has 0 atom stereocenters. The second-order valence-corrected chi connectivity index (χ2v) is 6.98. The zero-order chi connectivity index (χ0) is 17.1. The van der Waals surface area contributed by atoms with Crippen LogP contribution in [0.5, 0.6) is 0 Å². The Kier molecular flexibility index (Phi) is 5.08. The molecule has 0 saturated carbocycles. The lowest BCUT2D eigenvalue weighted by molar-refractivity contribution is -0.120. The summed E-state index contributed by atoms with van der Waals surface area (Å²) in [6.07, 6.45) is 3.26. The number of hydrogen-bond acceptors (Lipinski definition) is 5. The number of amides is 1. The summed E-state index contributed by atoms with van der Waals surface area (Å²) >= 11 is 3.33. The van der Waals surface area contributed by atoms with Crippen LogP contribution in [-0.2, 0) is 4.79 Å². The van der Waals surface area contributed by atoms with Gasteiger partial charge in [0, 0.05) is 41.1 Å². The van der Waals surface area contributed by atoms with Crippen molar-refractivity contribution >= 4 is 33.6 Å². The van der Waals surface area contributed by atoms with E-state index >= 15 is 0 Å². The molecular formula is C17H20BrN5O. The van der Waals surface area contributed by atoms with E-state index in [9.17, 15) is 4.79 Å². The van der Waals surface area contributed by atoms with Crippen molar-refractivity contribution in [3.8, 4) is 0 Å². The zero-order valence-corrected chi connectivity index (χ0v) is 15.4. The predicted octanol–water partition coefficient (Wildman–Crippen LogP) is 3.11. The lowest BCUT2D eigenvalue weighted by atomic mass is 9.96. The number of carbonyl (C=O) groups excluding carboxylic acids is 1. The summed E-state index contributed by atoms with van der Waals surface area (Å²) in [5.74, 6) is 1.38. The van der Waals surface area contributed by atoms with Crippen molar-refractivity contribution in [1.29, 1.82) is 0 Å². The van der Waals surface area contributed by atoms with Crippen molar-refractivity contribution in [3.05, 3.63) is 40.3 Å². The second-order valence-electron chi connectivity index (χ2n) is 6.06. The van der Waals surface area contributed by atoms with E-state index in [0.29, 0.717) is 5.82 Å². The van der Waals surface area contributed by atoms with Gasteiger partial charge in [0.2, 0.25) is 11.9 Å². The van der Waals surface area contributed by atoms with E-state index in [1.165, 1.54) is 0 Å². The third-order valence-corrected chi connectivity index (χ3v) is 4.57. The lowest BCUT2D eigenvalue weighted by Crippen LogP contribution is -2.39. The van der Waals surface area contributed by atoms with Crippen LogP contribution in [-0.4, -0.2) is 33.9 Å².